The van der Waals surface area contributed by atoms with E-state index in [-0.39, 0.29) is 11.9 Å². The fourth-order valence-electron chi connectivity index (χ4n) is 2.08. The molecule has 0 amide bonds. The van der Waals surface area contributed by atoms with Crippen LogP contribution in [0.2, 0.25) is 0 Å². The van der Waals surface area contributed by atoms with Gasteiger partial charge in [0.05, 0.1) is 13.2 Å². The van der Waals surface area contributed by atoms with Gasteiger partial charge < -0.3 is 10.1 Å². The van der Waals surface area contributed by atoms with Crippen molar-refractivity contribution >= 4 is 31.9 Å². The highest BCUT2D eigenvalue weighted by Crippen LogP contribution is 2.34. The summed E-state index contributed by atoms with van der Waals surface area (Å²) in [5, 5.41) is 3.21. The second kappa shape index (κ2) is 6.70. The zero-order valence-corrected chi connectivity index (χ0v) is 14.3. The Balaban J connectivity index is 2.49. The van der Waals surface area contributed by atoms with E-state index in [2.05, 4.69) is 37.2 Å². The molecule has 0 aliphatic heterocycles. The maximum atomic E-state index is 13.5. The minimum Gasteiger partial charge on any atom is -0.497 e. The lowest BCUT2D eigenvalue weighted by molar-refractivity contribution is 0.414. The molecular weight excluding hydrogens is 389 g/mol. The van der Waals surface area contributed by atoms with E-state index in [1.54, 1.807) is 13.2 Å². The van der Waals surface area contributed by atoms with Crippen molar-refractivity contribution in [2.24, 2.45) is 0 Å². The highest BCUT2D eigenvalue weighted by atomic mass is 79.9. The van der Waals surface area contributed by atoms with Crippen LogP contribution in [0.1, 0.15) is 17.2 Å². The van der Waals surface area contributed by atoms with Crippen LogP contribution >= 0.6 is 31.9 Å². The number of hydrogen-bond acceptors (Lipinski definition) is 2. The van der Waals surface area contributed by atoms with Crippen molar-refractivity contribution in [1.29, 1.82) is 0 Å². The molecule has 106 valence electrons. The molecule has 2 nitrogen and oxygen atoms in total. The first-order chi connectivity index (χ1) is 9.56. The molecule has 0 aliphatic carbocycles. The molecule has 0 aromatic heterocycles. The van der Waals surface area contributed by atoms with Crippen LogP contribution in [0.15, 0.2) is 45.3 Å². The van der Waals surface area contributed by atoms with E-state index < -0.39 is 0 Å². The zero-order chi connectivity index (χ0) is 14.7. The molecule has 2 aromatic rings. The van der Waals surface area contributed by atoms with Crippen LogP contribution in [0.4, 0.5) is 4.39 Å². The lowest BCUT2D eigenvalue weighted by Gasteiger charge is -2.20. The second-order valence-corrected chi connectivity index (χ2v) is 5.98. The van der Waals surface area contributed by atoms with Gasteiger partial charge in [-0.3, -0.25) is 0 Å². The third-order valence-corrected chi connectivity index (χ3v) is 4.49. The quantitative estimate of drug-likeness (QED) is 0.802. The summed E-state index contributed by atoms with van der Waals surface area (Å²) in [6, 6.07) is 10.3. The average molecular weight is 403 g/mol. The average Bonchev–Trinajstić information content (AvgIpc) is 2.44. The van der Waals surface area contributed by atoms with Crippen LogP contribution in [-0.4, -0.2) is 14.2 Å². The van der Waals surface area contributed by atoms with Gasteiger partial charge in [-0.15, -0.1) is 0 Å². The van der Waals surface area contributed by atoms with Gasteiger partial charge in [-0.05, 0) is 48.5 Å². The molecule has 0 bridgehead atoms. The second-order valence-electron chi connectivity index (χ2n) is 4.27. The molecule has 0 heterocycles. The number of benzene rings is 2. The maximum Gasteiger partial charge on any atom is 0.123 e. The molecule has 1 atom stereocenters. The maximum absolute atomic E-state index is 13.5. The monoisotopic (exact) mass is 401 g/mol. The smallest absolute Gasteiger partial charge is 0.123 e. The van der Waals surface area contributed by atoms with Crippen molar-refractivity contribution < 1.29 is 9.13 Å². The Morgan fingerprint density at radius 3 is 2.40 bits per heavy atom. The Bertz CT molecular complexity index is 619. The number of hydrogen-bond donors (Lipinski definition) is 1. The van der Waals surface area contributed by atoms with Gasteiger partial charge in [-0.25, -0.2) is 4.39 Å². The van der Waals surface area contributed by atoms with Gasteiger partial charge in [0, 0.05) is 8.95 Å². The highest BCUT2D eigenvalue weighted by molar-refractivity contribution is 9.10. The van der Waals surface area contributed by atoms with Gasteiger partial charge in [-0.1, -0.05) is 37.9 Å². The summed E-state index contributed by atoms with van der Waals surface area (Å²) >= 11 is 7.02. The van der Waals surface area contributed by atoms with Crippen molar-refractivity contribution in [2.75, 3.05) is 14.2 Å². The first-order valence-corrected chi connectivity index (χ1v) is 7.61. The third kappa shape index (κ3) is 3.22. The summed E-state index contributed by atoms with van der Waals surface area (Å²) in [4.78, 5) is 0. The molecule has 2 rings (SSSR count). The minimum atomic E-state index is -0.256. The topological polar surface area (TPSA) is 21.3 Å². The van der Waals surface area contributed by atoms with E-state index in [9.17, 15) is 4.39 Å². The Hall–Kier alpha value is -0.910. The van der Waals surface area contributed by atoms with E-state index in [1.165, 1.54) is 12.1 Å². The van der Waals surface area contributed by atoms with E-state index in [0.29, 0.717) is 0 Å². The van der Waals surface area contributed by atoms with E-state index >= 15 is 0 Å². The van der Waals surface area contributed by atoms with Crippen LogP contribution in [0.25, 0.3) is 0 Å². The van der Waals surface area contributed by atoms with Crippen molar-refractivity contribution in [3.8, 4) is 5.75 Å². The predicted molar refractivity (Wildman–Crippen MR) is 85.7 cm³/mol. The standard InChI is InChI=1S/C15H14Br2FNO/c1-19-15(12-7-9(18)3-6-13(12)16)11-5-4-10(20-2)8-14(11)17/h3-8,15,19H,1-2H3. The number of ether oxygens (including phenoxy) is 1. The lowest BCUT2D eigenvalue weighted by atomic mass is 9.98. The van der Waals surface area contributed by atoms with Gasteiger partial charge >= 0.3 is 0 Å². The van der Waals surface area contributed by atoms with Gasteiger partial charge in [0.25, 0.3) is 0 Å². The molecule has 5 heteroatoms. The summed E-state index contributed by atoms with van der Waals surface area (Å²) in [7, 11) is 3.47. The van der Waals surface area contributed by atoms with Crippen LogP contribution in [0.3, 0.4) is 0 Å². The molecular formula is C15H14Br2FNO. The van der Waals surface area contributed by atoms with Crippen LogP contribution in [0.5, 0.6) is 5.75 Å². The predicted octanol–water partition coefficient (Wildman–Crippen LogP) is 4.67. The summed E-state index contributed by atoms with van der Waals surface area (Å²) in [5.41, 5.74) is 1.86. The minimum absolute atomic E-state index is 0.125. The van der Waals surface area contributed by atoms with Gasteiger partial charge in [-0.2, -0.15) is 0 Å². The fourth-order valence-corrected chi connectivity index (χ4v) is 3.15. The number of nitrogens with one attached hydrogen (secondary N) is 1. The summed E-state index contributed by atoms with van der Waals surface area (Å²) in [6.45, 7) is 0. The SMILES string of the molecule is CNC(c1ccc(OC)cc1Br)c1cc(F)ccc1Br. The molecule has 2 aromatic carbocycles. The summed E-state index contributed by atoms with van der Waals surface area (Å²) < 4.78 is 20.5. The largest absolute Gasteiger partial charge is 0.497 e. The van der Waals surface area contributed by atoms with Crippen molar-refractivity contribution in [3.63, 3.8) is 0 Å². The molecule has 20 heavy (non-hydrogen) atoms. The molecule has 1 N–H and O–H groups in total. The zero-order valence-electron chi connectivity index (χ0n) is 11.1. The molecule has 0 saturated carbocycles. The van der Waals surface area contributed by atoms with Crippen molar-refractivity contribution in [1.82, 2.24) is 5.32 Å². The molecule has 1 unspecified atom stereocenters. The van der Waals surface area contributed by atoms with E-state index in [0.717, 1.165) is 25.8 Å². The van der Waals surface area contributed by atoms with Gasteiger partial charge in [0.2, 0.25) is 0 Å². The van der Waals surface area contributed by atoms with Crippen molar-refractivity contribution in [3.05, 3.63) is 62.3 Å². The summed E-state index contributed by atoms with van der Waals surface area (Å²) in [6.07, 6.45) is 0. The Labute approximate surface area is 134 Å². The summed E-state index contributed by atoms with van der Waals surface area (Å²) in [5.74, 6) is 0.516. The molecule has 0 spiro atoms. The molecule has 0 aliphatic rings. The van der Waals surface area contributed by atoms with Crippen LogP contribution < -0.4 is 10.1 Å². The molecule has 0 radical (unpaired) electrons. The number of halogens is 3. The first-order valence-electron chi connectivity index (χ1n) is 6.02. The first kappa shape index (κ1) is 15.5. The molecule has 0 fully saturated rings. The Morgan fingerprint density at radius 2 is 1.80 bits per heavy atom. The fraction of sp³-hybridized carbons (Fsp3) is 0.200. The van der Waals surface area contributed by atoms with E-state index in [1.807, 2.05) is 25.2 Å². The third-order valence-electron chi connectivity index (χ3n) is 3.08. The van der Waals surface area contributed by atoms with Crippen molar-refractivity contribution in [2.45, 2.75) is 6.04 Å². The highest BCUT2D eigenvalue weighted by Gasteiger charge is 2.18. The lowest BCUT2D eigenvalue weighted by Crippen LogP contribution is -2.19. The van der Waals surface area contributed by atoms with E-state index in [4.69, 9.17) is 4.74 Å². The number of methoxy groups -OCH3 is 1. The Morgan fingerprint density at radius 1 is 1.05 bits per heavy atom. The number of rotatable bonds is 4. The van der Waals surface area contributed by atoms with Gasteiger partial charge in [0.15, 0.2) is 0 Å². The van der Waals surface area contributed by atoms with Crippen LogP contribution in [0, 0.1) is 5.82 Å². The van der Waals surface area contributed by atoms with Crippen LogP contribution in [-0.2, 0) is 0 Å². The normalized spacial score (nSPS) is 12.2. The van der Waals surface area contributed by atoms with Gasteiger partial charge in [0.1, 0.15) is 11.6 Å². The Kier molecular flexibility index (Phi) is 5.18. The molecule has 0 saturated heterocycles.